The van der Waals surface area contributed by atoms with Crippen LogP contribution < -0.4 is 10.6 Å². The molecule has 5 rings (SSSR count). The molecule has 0 unspecified atom stereocenters. The van der Waals surface area contributed by atoms with Crippen molar-refractivity contribution in [3.05, 3.63) is 54.6 Å². The maximum Gasteiger partial charge on any atom is 0.0443 e. The first-order valence-electron chi connectivity index (χ1n) is 9.67. The van der Waals surface area contributed by atoms with Crippen molar-refractivity contribution in [3.63, 3.8) is 0 Å². The van der Waals surface area contributed by atoms with E-state index in [1.54, 1.807) is 0 Å². The molecule has 4 heteroatoms. The number of hydrogen-bond donors (Lipinski definition) is 2. The van der Waals surface area contributed by atoms with Crippen LogP contribution in [-0.2, 0) is 0 Å². The lowest BCUT2D eigenvalue weighted by Crippen LogP contribution is -2.35. The fourth-order valence-electron chi connectivity index (χ4n) is 3.93. The van der Waals surface area contributed by atoms with Gasteiger partial charge < -0.3 is 10.6 Å². The van der Waals surface area contributed by atoms with Crippen molar-refractivity contribution < 1.29 is 0 Å². The summed E-state index contributed by atoms with van der Waals surface area (Å²) in [6.07, 6.45) is 12.8. The molecule has 0 spiro atoms. The van der Waals surface area contributed by atoms with E-state index < -0.39 is 0 Å². The molecule has 3 heterocycles. The smallest absolute Gasteiger partial charge is 0.0443 e. The van der Waals surface area contributed by atoms with Crippen molar-refractivity contribution in [3.8, 4) is 11.1 Å². The van der Waals surface area contributed by atoms with Crippen LogP contribution in [0.15, 0.2) is 49.1 Å². The summed E-state index contributed by atoms with van der Waals surface area (Å²) >= 11 is 0. The van der Waals surface area contributed by atoms with Crippen LogP contribution in [-0.4, -0.2) is 29.1 Å². The van der Waals surface area contributed by atoms with Gasteiger partial charge in [0.15, 0.2) is 0 Å². The Labute approximate surface area is 154 Å². The van der Waals surface area contributed by atoms with Gasteiger partial charge in [0.2, 0.25) is 0 Å². The van der Waals surface area contributed by atoms with Gasteiger partial charge in [-0.05, 0) is 85.5 Å². The Morgan fingerprint density at radius 1 is 0.885 bits per heavy atom. The Kier molecular flexibility index (Phi) is 4.06. The van der Waals surface area contributed by atoms with Gasteiger partial charge in [-0.25, -0.2) is 0 Å². The number of nitrogens with one attached hydrogen (secondary N) is 2. The molecule has 132 valence electrons. The van der Waals surface area contributed by atoms with E-state index in [-0.39, 0.29) is 0 Å². The fourth-order valence-corrected chi connectivity index (χ4v) is 3.93. The summed E-state index contributed by atoms with van der Waals surface area (Å²) in [6.45, 7) is 2.17. The highest BCUT2D eigenvalue weighted by Gasteiger charge is 2.24. The summed E-state index contributed by atoms with van der Waals surface area (Å²) in [7, 11) is 0. The van der Waals surface area contributed by atoms with Gasteiger partial charge in [0.05, 0.1) is 0 Å². The van der Waals surface area contributed by atoms with Crippen molar-refractivity contribution in [2.24, 2.45) is 0 Å². The van der Waals surface area contributed by atoms with Crippen LogP contribution in [0.5, 0.6) is 0 Å². The predicted octanol–water partition coefficient (Wildman–Crippen LogP) is 4.34. The second-order valence-corrected chi connectivity index (χ2v) is 7.57. The zero-order chi connectivity index (χ0) is 17.3. The van der Waals surface area contributed by atoms with Crippen molar-refractivity contribution in [1.82, 2.24) is 15.3 Å². The molecule has 2 aliphatic rings. The first kappa shape index (κ1) is 15.8. The van der Waals surface area contributed by atoms with Crippen LogP contribution in [0.25, 0.3) is 21.9 Å². The molecule has 0 amide bonds. The average molecular weight is 344 g/mol. The molecule has 1 aromatic carbocycles. The number of nitrogens with zero attached hydrogens (tertiary/aromatic N) is 2. The molecule has 2 N–H and O–H groups in total. The van der Waals surface area contributed by atoms with E-state index in [2.05, 4.69) is 44.9 Å². The highest BCUT2D eigenvalue weighted by atomic mass is 15.0. The monoisotopic (exact) mass is 344 g/mol. The summed E-state index contributed by atoms with van der Waals surface area (Å²) in [5.41, 5.74) is 5.01. The van der Waals surface area contributed by atoms with E-state index in [1.165, 1.54) is 46.0 Å². The Hall–Kier alpha value is -2.46. The number of benzene rings is 1. The molecular formula is C22H24N4. The van der Waals surface area contributed by atoms with E-state index in [0.717, 1.165) is 31.8 Å². The molecule has 1 aliphatic heterocycles. The Morgan fingerprint density at radius 3 is 2.62 bits per heavy atom. The summed E-state index contributed by atoms with van der Waals surface area (Å²) in [5, 5.41) is 9.64. The highest BCUT2D eigenvalue weighted by Crippen LogP contribution is 2.41. The second kappa shape index (κ2) is 6.69. The van der Waals surface area contributed by atoms with E-state index >= 15 is 0 Å². The maximum absolute atomic E-state index is 4.51. The molecule has 1 aliphatic carbocycles. The van der Waals surface area contributed by atoms with Gasteiger partial charge in [0, 0.05) is 47.5 Å². The maximum atomic E-state index is 4.51. The standard InChI is InChI=1S/C22H24N4/c1-2-15(1)18-10-19(13-25-12-18)17-9-16-3-6-24-14-21(16)22(11-17)26-20-4-7-23-8-5-20/h3,6,9-15,20,23,26H,1-2,4-5,7-8H2. The van der Waals surface area contributed by atoms with Crippen LogP contribution >= 0.6 is 0 Å². The number of fused-ring (bicyclic) bond motifs is 1. The molecule has 26 heavy (non-hydrogen) atoms. The van der Waals surface area contributed by atoms with Gasteiger partial charge in [-0.3, -0.25) is 9.97 Å². The van der Waals surface area contributed by atoms with E-state index in [4.69, 9.17) is 0 Å². The Morgan fingerprint density at radius 2 is 1.77 bits per heavy atom. The van der Waals surface area contributed by atoms with Crippen LogP contribution in [0.4, 0.5) is 5.69 Å². The van der Waals surface area contributed by atoms with Gasteiger partial charge in [-0.2, -0.15) is 0 Å². The number of rotatable bonds is 4. The SMILES string of the molecule is c1cc2cc(-c3cncc(C4CC4)c3)cc(NC3CCNCC3)c2cn1. The number of hydrogen-bond acceptors (Lipinski definition) is 4. The minimum absolute atomic E-state index is 0.519. The summed E-state index contributed by atoms with van der Waals surface area (Å²) in [6, 6.07) is 9.48. The van der Waals surface area contributed by atoms with Crippen molar-refractivity contribution in [2.45, 2.75) is 37.6 Å². The third-order valence-corrected chi connectivity index (χ3v) is 5.60. The Bertz CT molecular complexity index is 926. The molecule has 0 bridgehead atoms. The van der Waals surface area contributed by atoms with E-state index in [0.29, 0.717) is 6.04 Å². The van der Waals surface area contributed by atoms with Crippen molar-refractivity contribution in [2.75, 3.05) is 18.4 Å². The fraction of sp³-hybridized carbons (Fsp3) is 0.364. The van der Waals surface area contributed by atoms with Gasteiger partial charge >= 0.3 is 0 Å². The molecule has 3 aromatic rings. The van der Waals surface area contributed by atoms with Crippen molar-refractivity contribution >= 4 is 16.5 Å². The lowest BCUT2D eigenvalue weighted by molar-refractivity contribution is 0.479. The first-order chi connectivity index (χ1) is 12.9. The minimum Gasteiger partial charge on any atom is -0.382 e. The van der Waals surface area contributed by atoms with Gasteiger partial charge in [0.25, 0.3) is 0 Å². The van der Waals surface area contributed by atoms with Crippen LogP contribution in [0.2, 0.25) is 0 Å². The highest BCUT2D eigenvalue weighted by molar-refractivity contribution is 5.97. The van der Waals surface area contributed by atoms with Gasteiger partial charge in [0.1, 0.15) is 0 Å². The lowest BCUT2D eigenvalue weighted by atomic mass is 9.99. The third kappa shape index (κ3) is 3.17. The van der Waals surface area contributed by atoms with Gasteiger partial charge in [-0.1, -0.05) is 0 Å². The van der Waals surface area contributed by atoms with Crippen molar-refractivity contribution in [1.29, 1.82) is 0 Å². The average Bonchev–Trinajstić information content (AvgIpc) is 3.54. The largest absolute Gasteiger partial charge is 0.382 e. The number of pyridine rings is 2. The van der Waals surface area contributed by atoms with Gasteiger partial charge in [-0.15, -0.1) is 0 Å². The molecule has 1 saturated heterocycles. The quantitative estimate of drug-likeness (QED) is 0.739. The summed E-state index contributed by atoms with van der Waals surface area (Å²) < 4.78 is 0. The molecule has 2 fully saturated rings. The zero-order valence-corrected chi connectivity index (χ0v) is 14.9. The topological polar surface area (TPSA) is 49.8 Å². The van der Waals surface area contributed by atoms with E-state index in [9.17, 15) is 0 Å². The number of anilines is 1. The summed E-state index contributed by atoms with van der Waals surface area (Å²) in [5.74, 6) is 0.722. The molecule has 0 radical (unpaired) electrons. The van der Waals surface area contributed by atoms with E-state index in [1.807, 2.05) is 24.8 Å². The minimum atomic E-state index is 0.519. The normalized spacial score (nSPS) is 18.2. The Balaban J connectivity index is 1.56. The molecular weight excluding hydrogens is 320 g/mol. The first-order valence-corrected chi connectivity index (χ1v) is 9.67. The number of aromatic nitrogens is 2. The van der Waals surface area contributed by atoms with Crippen LogP contribution in [0.3, 0.4) is 0 Å². The summed E-state index contributed by atoms with van der Waals surface area (Å²) in [4.78, 5) is 8.86. The predicted molar refractivity (Wildman–Crippen MR) is 106 cm³/mol. The third-order valence-electron chi connectivity index (χ3n) is 5.60. The molecule has 2 aromatic heterocycles. The molecule has 1 saturated carbocycles. The zero-order valence-electron chi connectivity index (χ0n) is 14.9. The number of piperidine rings is 1. The lowest BCUT2D eigenvalue weighted by Gasteiger charge is -2.25. The second-order valence-electron chi connectivity index (χ2n) is 7.57. The molecule has 4 nitrogen and oxygen atoms in total. The molecule has 0 atom stereocenters. The van der Waals surface area contributed by atoms with Crippen LogP contribution in [0, 0.1) is 0 Å². The van der Waals surface area contributed by atoms with Crippen LogP contribution in [0.1, 0.15) is 37.2 Å².